The van der Waals surface area contributed by atoms with Crippen molar-refractivity contribution in [3.05, 3.63) is 24.3 Å². The molecule has 1 aromatic carbocycles. The van der Waals surface area contributed by atoms with Gasteiger partial charge in [0.05, 0.1) is 10.6 Å². The Kier molecular flexibility index (Phi) is 4.97. The predicted molar refractivity (Wildman–Crippen MR) is 82.9 cm³/mol. The summed E-state index contributed by atoms with van der Waals surface area (Å²) in [6.45, 7) is 3.68. The second kappa shape index (κ2) is 6.58. The van der Waals surface area contributed by atoms with E-state index in [9.17, 15) is 18.0 Å². The van der Waals surface area contributed by atoms with Gasteiger partial charge in [-0.05, 0) is 44.0 Å². The van der Waals surface area contributed by atoms with Gasteiger partial charge in [-0.1, -0.05) is 6.92 Å². The topological polar surface area (TPSA) is 83.6 Å². The van der Waals surface area contributed by atoms with E-state index in [0.717, 1.165) is 4.90 Å². The first-order valence-corrected chi connectivity index (χ1v) is 8.81. The highest BCUT2D eigenvalue weighted by atomic mass is 32.2. The molecule has 1 heterocycles. The van der Waals surface area contributed by atoms with Gasteiger partial charge in [-0.15, -0.1) is 0 Å². The fraction of sp³-hybridized carbons (Fsp3) is 0.467. The van der Waals surface area contributed by atoms with Crippen molar-refractivity contribution in [2.45, 2.75) is 50.5 Å². The molecule has 0 radical (unpaired) electrons. The number of carbonyl (C=O) groups excluding carboxylic acids is 2. The molecule has 0 aromatic heterocycles. The van der Waals surface area contributed by atoms with Gasteiger partial charge in [-0.25, -0.2) is 13.1 Å². The van der Waals surface area contributed by atoms with Crippen molar-refractivity contribution in [3.8, 4) is 0 Å². The molecule has 22 heavy (non-hydrogen) atoms. The summed E-state index contributed by atoms with van der Waals surface area (Å²) in [5.74, 6) is -0.492. The minimum Gasteiger partial charge on any atom is -0.274 e. The lowest BCUT2D eigenvalue weighted by molar-refractivity contribution is -0.129. The van der Waals surface area contributed by atoms with E-state index < -0.39 is 10.0 Å². The van der Waals surface area contributed by atoms with Crippen LogP contribution in [0.5, 0.6) is 0 Å². The number of benzene rings is 1. The van der Waals surface area contributed by atoms with E-state index >= 15 is 0 Å². The zero-order valence-electron chi connectivity index (χ0n) is 12.7. The quantitative estimate of drug-likeness (QED) is 0.837. The molecule has 2 rings (SSSR count). The molecule has 0 spiro atoms. The Morgan fingerprint density at radius 3 is 2.18 bits per heavy atom. The molecular formula is C15H20N2O4S. The summed E-state index contributed by atoms with van der Waals surface area (Å²) in [7, 11) is -3.58. The van der Waals surface area contributed by atoms with E-state index in [1.807, 2.05) is 6.92 Å². The lowest BCUT2D eigenvalue weighted by Crippen LogP contribution is -2.40. The number of amides is 2. The highest BCUT2D eigenvalue weighted by Gasteiger charge is 2.27. The normalized spacial score (nSPS) is 17.6. The SMILES string of the molecule is CCC(C)NS(=O)(=O)c1ccc(N2C(=O)CCCC2=O)cc1. The smallest absolute Gasteiger partial charge is 0.240 e. The van der Waals surface area contributed by atoms with Crippen molar-refractivity contribution in [3.63, 3.8) is 0 Å². The largest absolute Gasteiger partial charge is 0.274 e. The maximum absolute atomic E-state index is 12.2. The van der Waals surface area contributed by atoms with Crippen molar-refractivity contribution in [1.82, 2.24) is 4.72 Å². The Hall–Kier alpha value is -1.73. The highest BCUT2D eigenvalue weighted by molar-refractivity contribution is 7.89. The molecule has 1 aromatic rings. The molecule has 2 amide bonds. The van der Waals surface area contributed by atoms with Gasteiger partial charge in [0.1, 0.15) is 0 Å². The molecule has 120 valence electrons. The van der Waals surface area contributed by atoms with E-state index in [1.54, 1.807) is 6.92 Å². The third-order valence-electron chi connectivity index (χ3n) is 3.65. The molecule has 6 nitrogen and oxygen atoms in total. The average molecular weight is 324 g/mol. The fourth-order valence-electron chi connectivity index (χ4n) is 2.23. The number of imide groups is 1. The van der Waals surface area contributed by atoms with Crippen LogP contribution < -0.4 is 9.62 Å². The molecule has 1 saturated heterocycles. The summed E-state index contributed by atoms with van der Waals surface area (Å²) in [6, 6.07) is 5.65. The number of sulfonamides is 1. The molecule has 1 aliphatic heterocycles. The fourth-order valence-corrected chi connectivity index (χ4v) is 3.56. The van der Waals surface area contributed by atoms with Gasteiger partial charge < -0.3 is 0 Å². The lowest BCUT2D eigenvalue weighted by atomic mass is 10.1. The van der Waals surface area contributed by atoms with E-state index in [2.05, 4.69) is 4.72 Å². The minimum atomic E-state index is -3.58. The van der Waals surface area contributed by atoms with E-state index in [0.29, 0.717) is 31.4 Å². The second-order valence-electron chi connectivity index (χ2n) is 5.40. The summed E-state index contributed by atoms with van der Waals surface area (Å²) in [5.41, 5.74) is 0.414. The number of hydrogen-bond donors (Lipinski definition) is 1. The zero-order chi connectivity index (χ0) is 16.3. The van der Waals surface area contributed by atoms with Crippen LogP contribution in [0.3, 0.4) is 0 Å². The molecule has 1 unspecified atom stereocenters. The van der Waals surface area contributed by atoms with Crippen LogP contribution in [-0.4, -0.2) is 26.3 Å². The molecule has 0 aliphatic carbocycles. The van der Waals surface area contributed by atoms with Crippen molar-refractivity contribution < 1.29 is 18.0 Å². The van der Waals surface area contributed by atoms with Crippen LogP contribution in [0.15, 0.2) is 29.2 Å². The van der Waals surface area contributed by atoms with Crippen LogP contribution in [0.25, 0.3) is 0 Å². The van der Waals surface area contributed by atoms with E-state index in [-0.39, 0.29) is 22.8 Å². The molecule has 1 atom stereocenters. The zero-order valence-corrected chi connectivity index (χ0v) is 13.5. The van der Waals surface area contributed by atoms with Gasteiger partial charge in [-0.2, -0.15) is 0 Å². The maximum atomic E-state index is 12.2. The Bertz CT molecular complexity index is 651. The first-order valence-electron chi connectivity index (χ1n) is 7.33. The van der Waals surface area contributed by atoms with Gasteiger partial charge in [0.2, 0.25) is 21.8 Å². The molecule has 1 N–H and O–H groups in total. The number of rotatable bonds is 5. The van der Waals surface area contributed by atoms with Gasteiger partial charge >= 0.3 is 0 Å². The highest BCUT2D eigenvalue weighted by Crippen LogP contribution is 2.23. The van der Waals surface area contributed by atoms with Crippen molar-refractivity contribution in [2.24, 2.45) is 0 Å². The van der Waals surface area contributed by atoms with E-state index in [4.69, 9.17) is 0 Å². The summed E-state index contributed by atoms with van der Waals surface area (Å²) < 4.78 is 26.9. The van der Waals surface area contributed by atoms with Crippen LogP contribution in [0, 0.1) is 0 Å². The standard InChI is InChI=1S/C15H20N2O4S/c1-3-11(2)16-22(20,21)13-9-7-12(8-10-13)17-14(18)5-4-6-15(17)19/h7-11,16H,3-6H2,1-2H3. The van der Waals surface area contributed by atoms with E-state index in [1.165, 1.54) is 24.3 Å². The Morgan fingerprint density at radius 2 is 1.68 bits per heavy atom. The van der Waals surface area contributed by atoms with Crippen molar-refractivity contribution in [2.75, 3.05) is 4.90 Å². The predicted octanol–water partition coefficient (Wildman–Crippen LogP) is 1.81. The molecular weight excluding hydrogens is 304 g/mol. The third-order valence-corrected chi connectivity index (χ3v) is 5.26. The third kappa shape index (κ3) is 3.53. The summed E-state index contributed by atoms with van der Waals surface area (Å²) in [4.78, 5) is 24.9. The molecule has 1 fully saturated rings. The summed E-state index contributed by atoms with van der Waals surface area (Å²) in [5, 5.41) is 0. The molecule has 7 heteroatoms. The second-order valence-corrected chi connectivity index (χ2v) is 7.11. The van der Waals surface area contributed by atoms with Crippen LogP contribution in [0.2, 0.25) is 0 Å². The maximum Gasteiger partial charge on any atom is 0.240 e. The van der Waals surface area contributed by atoms with Gasteiger partial charge in [0.15, 0.2) is 0 Å². The van der Waals surface area contributed by atoms with Gasteiger partial charge in [-0.3, -0.25) is 14.5 Å². The molecule has 0 bridgehead atoms. The number of piperidine rings is 1. The number of nitrogens with zero attached hydrogens (tertiary/aromatic N) is 1. The Labute approximate surface area is 130 Å². The first-order chi connectivity index (χ1) is 10.3. The average Bonchev–Trinajstić information content (AvgIpc) is 2.47. The van der Waals surface area contributed by atoms with Crippen molar-refractivity contribution >= 4 is 27.5 Å². The van der Waals surface area contributed by atoms with Crippen LogP contribution in [-0.2, 0) is 19.6 Å². The van der Waals surface area contributed by atoms with Gasteiger partial charge in [0, 0.05) is 18.9 Å². The van der Waals surface area contributed by atoms with Crippen LogP contribution in [0.4, 0.5) is 5.69 Å². The summed E-state index contributed by atoms with van der Waals surface area (Å²) in [6.07, 6.45) is 1.93. The first kappa shape index (κ1) is 16.6. The summed E-state index contributed by atoms with van der Waals surface area (Å²) >= 11 is 0. The number of anilines is 1. The molecule has 1 aliphatic rings. The molecule has 0 saturated carbocycles. The van der Waals surface area contributed by atoms with Gasteiger partial charge in [0.25, 0.3) is 0 Å². The lowest BCUT2D eigenvalue weighted by Gasteiger charge is -2.25. The minimum absolute atomic E-state index is 0.119. The van der Waals surface area contributed by atoms with Crippen molar-refractivity contribution in [1.29, 1.82) is 0 Å². The Balaban J connectivity index is 2.23. The number of hydrogen-bond acceptors (Lipinski definition) is 4. The number of carbonyl (C=O) groups is 2. The monoisotopic (exact) mass is 324 g/mol. The Morgan fingerprint density at radius 1 is 1.14 bits per heavy atom. The number of nitrogens with one attached hydrogen (secondary N) is 1. The van der Waals surface area contributed by atoms with Crippen LogP contribution >= 0.6 is 0 Å². The van der Waals surface area contributed by atoms with Crippen LogP contribution in [0.1, 0.15) is 39.5 Å².